The lowest BCUT2D eigenvalue weighted by atomic mass is 10.3. The molecule has 5 heteroatoms. The summed E-state index contributed by atoms with van der Waals surface area (Å²) in [5, 5.41) is 3.07. The van der Waals surface area contributed by atoms with Crippen molar-refractivity contribution in [2.75, 3.05) is 19.0 Å². The third-order valence-corrected chi connectivity index (χ3v) is 2.77. The van der Waals surface area contributed by atoms with Gasteiger partial charge in [-0.3, -0.25) is 9.97 Å². The number of aryl methyl sites for hydroxylation is 1. The summed E-state index contributed by atoms with van der Waals surface area (Å²) in [5.74, 6) is 0.857. The average molecular weight is 257 g/mol. The lowest BCUT2D eigenvalue weighted by molar-refractivity contribution is 0.772. The van der Waals surface area contributed by atoms with Gasteiger partial charge < -0.3 is 10.2 Å². The molecule has 0 radical (unpaired) electrons. The highest BCUT2D eigenvalue weighted by atomic mass is 15.2. The molecule has 0 fully saturated rings. The zero-order valence-electron chi connectivity index (χ0n) is 11.6. The van der Waals surface area contributed by atoms with Crippen LogP contribution in [0.5, 0.6) is 0 Å². The Labute approximate surface area is 113 Å². The molecule has 0 saturated carbocycles. The molecule has 0 aliphatic carbocycles. The van der Waals surface area contributed by atoms with Gasteiger partial charge in [-0.25, -0.2) is 4.98 Å². The molecule has 5 nitrogen and oxygen atoms in total. The van der Waals surface area contributed by atoms with Crippen molar-refractivity contribution in [2.45, 2.75) is 20.0 Å². The Bertz CT molecular complexity index is 541. The Morgan fingerprint density at radius 3 is 2.74 bits per heavy atom. The molecular weight excluding hydrogens is 238 g/mol. The molecule has 2 rings (SSSR count). The van der Waals surface area contributed by atoms with E-state index in [4.69, 9.17) is 0 Å². The van der Waals surface area contributed by atoms with Crippen molar-refractivity contribution in [3.05, 3.63) is 47.7 Å². The standard InChI is InChI=1S/C14H19N5/c1-11-5-4-6-12(17-11)10-19(3)14-9-16-8-13(18-14)7-15-2/h4-6,8-9,15H,7,10H2,1-3H3. The van der Waals surface area contributed by atoms with Crippen LogP contribution in [0.3, 0.4) is 0 Å². The molecule has 19 heavy (non-hydrogen) atoms. The summed E-state index contributed by atoms with van der Waals surface area (Å²) in [6, 6.07) is 6.04. The lowest BCUT2D eigenvalue weighted by Crippen LogP contribution is -2.20. The van der Waals surface area contributed by atoms with E-state index >= 15 is 0 Å². The molecule has 1 N–H and O–H groups in total. The highest BCUT2D eigenvalue weighted by molar-refractivity contribution is 5.35. The van der Waals surface area contributed by atoms with Crippen LogP contribution in [-0.2, 0) is 13.1 Å². The number of hydrogen-bond donors (Lipinski definition) is 1. The van der Waals surface area contributed by atoms with E-state index in [2.05, 4.69) is 20.3 Å². The minimum Gasteiger partial charge on any atom is -0.352 e. The van der Waals surface area contributed by atoms with E-state index < -0.39 is 0 Å². The van der Waals surface area contributed by atoms with Gasteiger partial charge in [-0.05, 0) is 26.1 Å². The summed E-state index contributed by atoms with van der Waals surface area (Å²) < 4.78 is 0. The Morgan fingerprint density at radius 1 is 1.16 bits per heavy atom. The molecule has 0 saturated heterocycles. The molecule has 2 aromatic rings. The second-order valence-corrected chi connectivity index (χ2v) is 4.53. The molecule has 0 atom stereocenters. The summed E-state index contributed by atoms with van der Waals surface area (Å²) >= 11 is 0. The molecule has 0 aliphatic heterocycles. The van der Waals surface area contributed by atoms with Crippen LogP contribution in [0.15, 0.2) is 30.6 Å². The maximum absolute atomic E-state index is 4.55. The zero-order chi connectivity index (χ0) is 13.7. The molecule has 0 spiro atoms. The summed E-state index contributed by atoms with van der Waals surface area (Å²) in [7, 11) is 3.89. The van der Waals surface area contributed by atoms with Gasteiger partial charge in [-0.2, -0.15) is 0 Å². The predicted molar refractivity (Wildman–Crippen MR) is 75.9 cm³/mol. The quantitative estimate of drug-likeness (QED) is 0.880. The van der Waals surface area contributed by atoms with Crippen molar-refractivity contribution in [3.8, 4) is 0 Å². The van der Waals surface area contributed by atoms with Gasteiger partial charge in [-0.1, -0.05) is 6.07 Å². The summed E-state index contributed by atoms with van der Waals surface area (Å²) in [6.45, 7) is 3.44. The van der Waals surface area contributed by atoms with Crippen molar-refractivity contribution in [2.24, 2.45) is 0 Å². The van der Waals surface area contributed by atoms with Gasteiger partial charge >= 0.3 is 0 Å². The SMILES string of the molecule is CNCc1cncc(N(C)Cc2cccc(C)n2)n1. The van der Waals surface area contributed by atoms with Crippen molar-refractivity contribution >= 4 is 5.82 Å². The number of nitrogens with one attached hydrogen (secondary N) is 1. The molecule has 0 aliphatic rings. The van der Waals surface area contributed by atoms with Gasteiger partial charge in [0.25, 0.3) is 0 Å². The normalized spacial score (nSPS) is 10.5. The number of hydrogen-bond acceptors (Lipinski definition) is 5. The largest absolute Gasteiger partial charge is 0.352 e. The highest BCUT2D eigenvalue weighted by Crippen LogP contribution is 2.11. The van der Waals surface area contributed by atoms with Crippen molar-refractivity contribution in [1.29, 1.82) is 0 Å². The van der Waals surface area contributed by atoms with E-state index in [1.165, 1.54) is 0 Å². The topological polar surface area (TPSA) is 53.9 Å². The first-order valence-corrected chi connectivity index (χ1v) is 6.28. The van der Waals surface area contributed by atoms with Crippen molar-refractivity contribution in [1.82, 2.24) is 20.3 Å². The third-order valence-electron chi connectivity index (χ3n) is 2.77. The molecule has 2 heterocycles. The van der Waals surface area contributed by atoms with Gasteiger partial charge in [-0.15, -0.1) is 0 Å². The minimum absolute atomic E-state index is 0.720. The van der Waals surface area contributed by atoms with Crippen LogP contribution in [0, 0.1) is 6.92 Å². The number of pyridine rings is 1. The van der Waals surface area contributed by atoms with E-state index in [1.54, 1.807) is 12.4 Å². The second kappa shape index (κ2) is 6.24. The van der Waals surface area contributed by atoms with Crippen LogP contribution in [0.4, 0.5) is 5.82 Å². The Kier molecular flexibility index (Phi) is 4.41. The maximum atomic E-state index is 4.55. The van der Waals surface area contributed by atoms with E-state index in [-0.39, 0.29) is 0 Å². The van der Waals surface area contributed by atoms with Crippen LogP contribution in [-0.4, -0.2) is 29.0 Å². The third kappa shape index (κ3) is 3.72. The van der Waals surface area contributed by atoms with E-state index in [0.29, 0.717) is 0 Å². The van der Waals surface area contributed by atoms with Gasteiger partial charge in [0.15, 0.2) is 0 Å². The van der Waals surface area contributed by atoms with E-state index in [0.717, 1.165) is 36.0 Å². The summed E-state index contributed by atoms with van der Waals surface area (Å²) in [5.41, 5.74) is 2.99. The fraction of sp³-hybridized carbons (Fsp3) is 0.357. The first kappa shape index (κ1) is 13.4. The van der Waals surface area contributed by atoms with E-state index in [9.17, 15) is 0 Å². The molecule has 0 unspecified atom stereocenters. The van der Waals surface area contributed by atoms with Crippen LogP contribution in [0.25, 0.3) is 0 Å². The molecule has 0 amide bonds. The first-order valence-electron chi connectivity index (χ1n) is 6.28. The highest BCUT2D eigenvalue weighted by Gasteiger charge is 2.06. The van der Waals surface area contributed by atoms with Crippen LogP contribution >= 0.6 is 0 Å². The second-order valence-electron chi connectivity index (χ2n) is 4.53. The molecule has 2 aromatic heterocycles. The molecular formula is C14H19N5. The van der Waals surface area contributed by atoms with Crippen LogP contribution in [0.2, 0.25) is 0 Å². The van der Waals surface area contributed by atoms with Crippen LogP contribution < -0.4 is 10.2 Å². The number of rotatable bonds is 5. The molecule has 0 bridgehead atoms. The smallest absolute Gasteiger partial charge is 0.147 e. The van der Waals surface area contributed by atoms with Gasteiger partial charge in [0, 0.05) is 25.5 Å². The minimum atomic E-state index is 0.720. The predicted octanol–water partition coefficient (Wildman–Crippen LogP) is 1.54. The molecule has 0 aromatic carbocycles. The summed E-state index contributed by atoms with van der Waals surface area (Å²) in [6.07, 6.45) is 3.55. The van der Waals surface area contributed by atoms with Crippen molar-refractivity contribution in [3.63, 3.8) is 0 Å². The zero-order valence-corrected chi connectivity index (χ0v) is 11.6. The Morgan fingerprint density at radius 2 is 2.00 bits per heavy atom. The van der Waals surface area contributed by atoms with Gasteiger partial charge in [0.2, 0.25) is 0 Å². The first-order chi connectivity index (χ1) is 9.19. The fourth-order valence-electron chi connectivity index (χ4n) is 1.86. The lowest BCUT2D eigenvalue weighted by Gasteiger charge is -2.18. The number of nitrogens with zero attached hydrogens (tertiary/aromatic N) is 4. The Balaban J connectivity index is 2.11. The number of anilines is 1. The summed E-state index contributed by atoms with van der Waals surface area (Å²) in [4.78, 5) is 15.3. The monoisotopic (exact) mass is 257 g/mol. The van der Waals surface area contributed by atoms with Crippen LogP contribution in [0.1, 0.15) is 17.1 Å². The number of aromatic nitrogens is 3. The Hall–Kier alpha value is -2.01. The molecule has 100 valence electrons. The average Bonchev–Trinajstić information content (AvgIpc) is 2.39. The van der Waals surface area contributed by atoms with E-state index in [1.807, 2.05) is 44.1 Å². The maximum Gasteiger partial charge on any atom is 0.147 e. The van der Waals surface area contributed by atoms with Gasteiger partial charge in [0.1, 0.15) is 5.82 Å². The van der Waals surface area contributed by atoms with Crippen molar-refractivity contribution < 1.29 is 0 Å². The fourth-order valence-corrected chi connectivity index (χ4v) is 1.86. The van der Waals surface area contributed by atoms with Gasteiger partial charge in [0.05, 0.1) is 24.1 Å².